The van der Waals surface area contributed by atoms with Crippen LogP contribution >= 0.6 is 35.0 Å². The third kappa shape index (κ3) is 3.51. The van der Waals surface area contributed by atoms with Crippen molar-refractivity contribution in [3.8, 4) is 17.1 Å². The fourth-order valence-corrected chi connectivity index (χ4v) is 4.74. The van der Waals surface area contributed by atoms with E-state index in [1.165, 1.54) is 11.1 Å². The van der Waals surface area contributed by atoms with Crippen LogP contribution in [0.1, 0.15) is 17.5 Å². The van der Waals surface area contributed by atoms with E-state index in [4.69, 9.17) is 23.2 Å². The van der Waals surface area contributed by atoms with Gasteiger partial charge in [-0.05, 0) is 43.5 Å². The minimum atomic E-state index is -0.569. The third-order valence-electron chi connectivity index (χ3n) is 4.78. The van der Waals surface area contributed by atoms with E-state index in [-0.39, 0.29) is 0 Å². The molecule has 1 aromatic heterocycles. The number of alkyl halides is 2. The van der Waals surface area contributed by atoms with Gasteiger partial charge in [0.15, 0.2) is 11.0 Å². The minimum Gasteiger partial charge on any atom is -0.270 e. The number of hydrogen-bond donors (Lipinski definition) is 0. The van der Waals surface area contributed by atoms with Gasteiger partial charge in [0.2, 0.25) is 0 Å². The quantitative estimate of drug-likeness (QED) is 0.396. The molecule has 1 atom stereocenters. The van der Waals surface area contributed by atoms with Crippen LogP contribution in [0.5, 0.6) is 0 Å². The smallest absolute Gasteiger partial charge is 0.196 e. The summed E-state index contributed by atoms with van der Waals surface area (Å²) in [6.45, 7) is 4.24. The molecule has 0 spiro atoms. The second-order valence-corrected chi connectivity index (χ2v) is 9.28. The minimum absolute atomic E-state index is 0.306. The lowest BCUT2D eigenvalue weighted by atomic mass is 10.1. The molecule has 3 aromatic rings. The Balaban J connectivity index is 1.74. The van der Waals surface area contributed by atoms with Crippen LogP contribution in [0, 0.1) is 19.8 Å². The molecule has 2 aromatic carbocycles. The molecule has 0 aliphatic heterocycles. The predicted octanol–water partition coefficient (Wildman–Crippen LogP) is 5.84. The van der Waals surface area contributed by atoms with Gasteiger partial charge in [0.05, 0.1) is 5.69 Å². The normalized spacial score (nSPS) is 18.1. The molecular formula is C20H19Cl2N3S. The summed E-state index contributed by atoms with van der Waals surface area (Å²) in [7, 11) is 0. The molecule has 3 nitrogen and oxygen atoms in total. The van der Waals surface area contributed by atoms with Crippen molar-refractivity contribution in [3.63, 3.8) is 0 Å². The number of halogens is 2. The summed E-state index contributed by atoms with van der Waals surface area (Å²) in [5, 5.41) is 9.80. The molecule has 0 unspecified atom stereocenters. The molecule has 0 amide bonds. The Hall–Kier alpha value is -1.49. The Morgan fingerprint density at radius 1 is 1.08 bits per heavy atom. The van der Waals surface area contributed by atoms with Crippen LogP contribution in [-0.2, 0) is 0 Å². The van der Waals surface area contributed by atoms with Gasteiger partial charge < -0.3 is 0 Å². The van der Waals surface area contributed by atoms with Crippen molar-refractivity contribution in [2.24, 2.45) is 5.92 Å². The summed E-state index contributed by atoms with van der Waals surface area (Å²) < 4.78 is 1.56. The van der Waals surface area contributed by atoms with Crippen LogP contribution in [0.15, 0.2) is 53.7 Å². The summed E-state index contributed by atoms with van der Waals surface area (Å²) in [5.74, 6) is 1.99. The molecule has 0 saturated heterocycles. The van der Waals surface area contributed by atoms with Crippen molar-refractivity contribution < 1.29 is 0 Å². The van der Waals surface area contributed by atoms with Crippen LogP contribution in [0.3, 0.4) is 0 Å². The standard InChI is InChI=1S/C20H19Cl2N3S/c1-13-8-9-17(10-14(13)2)25-18(15-6-4-3-5-7-15)23-24-19(25)26-12-16-11-20(16,21)22/h3-10,16H,11-12H2,1-2H3/t16-/m1/s1. The van der Waals surface area contributed by atoms with E-state index in [1.54, 1.807) is 11.8 Å². The second kappa shape index (κ2) is 6.91. The highest BCUT2D eigenvalue weighted by Crippen LogP contribution is 2.54. The first kappa shape index (κ1) is 17.9. The zero-order valence-electron chi connectivity index (χ0n) is 14.6. The Morgan fingerprint density at radius 2 is 1.81 bits per heavy atom. The number of aryl methyl sites for hydroxylation is 2. The summed E-state index contributed by atoms with van der Waals surface area (Å²) >= 11 is 14.0. The van der Waals surface area contributed by atoms with Crippen molar-refractivity contribution in [3.05, 3.63) is 59.7 Å². The van der Waals surface area contributed by atoms with Gasteiger partial charge in [-0.2, -0.15) is 0 Å². The van der Waals surface area contributed by atoms with E-state index < -0.39 is 4.33 Å². The van der Waals surface area contributed by atoms with E-state index in [0.717, 1.165) is 34.4 Å². The molecule has 1 aliphatic carbocycles. The first-order valence-corrected chi connectivity index (χ1v) is 10.3. The van der Waals surface area contributed by atoms with E-state index in [0.29, 0.717) is 5.92 Å². The summed E-state index contributed by atoms with van der Waals surface area (Å²) in [5.41, 5.74) is 4.62. The van der Waals surface area contributed by atoms with Gasteiger partial charge in [-0.3, -0.25) is 4.57 Å². The van der Waals surface area contributed by atoms with Crippen LogP contribution in [0.25, 0.3) is 17.1 Å². The number of thioether (sulfide) groups is 1. The number of nitrogens with zero attached hydrogens (tertiary/aromatic N) is 3. The summed E-state index contributed by atoms with van der Waals surface area (Å²) in [6, 6.07) is 16.6. The molecule has 0 radical (unpaired) electrons. The molecule has 4 rings (SSSR count). The zero-order valence-corrected chi connectivity index (χ0v) is 16.9. The monoisotopic (exact) mass is 403 g/mol. The maximum absolute atomic E-state index is 6.18. The molecule has 1 aliphatic rings. The van der Waals surface area contributed by atoms with Gasteiger partial charge in [0.25, 0.3) is 0 Å². The third-order valence-corrected chi connectivity index (χ3v) is 6.80. The fraction of sp³-hybridized carbons (Fsp3) is 0.300. The molecule has 26 heavy (non-hydrogen) atoms. The zero-order chi connectivity index (χ0) is 18.3. The predicted molar refractivity (Wildman–Crippen MR) is 110 cm³/mol. The number of rotatable bonds is 5. The Bertz CT molecular complexity index is 937. The van der Waals surface area contributed by atoms with Crippen molar-refractivity contribution >= 4 is 35.0 Å². The van der Waals surface area contributed by atoms with Crippen LogP contribution < -0.4 is 0 Å². The highest BCUT2D eigenvalue weighted by atomic mass is 35.5. The highest BCUT2D eigenvalue weighted by Gasteiger charge is 2.51. The maximum Gasteiger partial charge on any atom is 0.196 e. The Kier molecular flexibility index (Phi) is 4.76. The number of aromatic nitrogens is 3. The van der Waals surface area contributed by atoms with E-state index in [2.05, 4.69) is 58.9 Å². The van der Waals surface area contributed by atoms with Crippen LogP contribution in [0.2, 0.25) is 0 Å². The van der Waals surface area contributed by atoms with Gasteiger partial charge in [-0.25, -0.2) is 0 Å². The van der Waals surface area contributed by atoms with Gasteiger partial charge in [0.1, 0.15) is 4.33 Å². The molecule has 134 valence electrons. The lowest BCUT2D eigenvalue weighted by Gasteiger charge is -2.12. The van der Waals surface area contributed by atoms with Crippen molar-refractivity contribution in [1.82, 2.24) is 14.8 Å². The van der Waals surface area contributed by atoms with Gasteiger partial charge in [-0.15, -0.1) is 33.4 Å². The lowest BCUT2D eigenvalue weighted by Crippen LogP contribution is -2.02. The summed E-state index contributed by atoms with van der Waals surface area (Å²) in [6.07, 6.45) is 0.840. The molecule has 0 N–H and O–H groups in total. The molecule has 1 saturated carbocycles. The van der Waals surface area contributed by atoms with Gasteiger partial charge >= 0.3 is 0 Å². The van der Waals surface area contributed by atoms with E-state index >= 15 is 0 Å². The molecular weight excluding hydrogens is 385 g/mol. The van der Waals surface area contributed by atoms with Crippen molar-refractivity contribution in [1.29, 1.82) is 0 Å². The number of hydrogen-bond acceptors (Lipinski definition) is 3. The Morgan fingerprint density at radius 3 is 2.46 bits per heavy atom. The number of benzene rings is 2. The molecule has 0 bridgehead atoms. The molecule has 1 fully saturated rings. The second-order valence-electron chi connectivity index (χ2n) is 6.75. The first-order chi connectivity index (χ1) is 12.5. The fourth-order valence-electron chi connectivity index (χ4n) is 2.86. The average Bonchev–Trinajstić information content (AvgIpc) is 3.04. The van der Waals surface area contributed by atoms with Crippen molar-refractivity contribution in [2.75, 3.05) is 5.75 Å². The molecule has 6 heteroatoms. The first-order valence-electron chi connectivity index (χ1n) is 8.55. The van der Waals surface area contributed by atoms with E-state index in [9.17, 15) is 0 Å². The SMILES string of the molecule is Cc1ccc(-n2c(SC[C@H]3CC3(Cl)Cl)nnc2-c2ccccc2)cc1C. The maximum atomic E-state index is 6.18. The average molecular weight is 404 g/mol. The van der Waals surface area contributed by atoms with Gasteiger partial charge in [-0.1, -0.05) is 48.2 Å². The van der Waals surface area contributed by atoms with Crippen LogP contribution in [0.4, 0.5) is 0 Å². The topological polar surface area (TPSA) is 30.7 Å². The van der Waals surface area contributed by atoms with Crippen molar-refractivity contribution in [2.45, 2.75) is 29.8 Å². The summed E-state index contributed by atoms with van der Waals surface area (Å²) in [4.78, 5) is 0. The largest absolute Gasteiger partial charge is 0.270 e. The van der Waals surface area contributed by atoms with Gasteiger partial charge in [0, 0.05) is 17.2 Å². The molecule has 1 heterocycles. The Labute approximate surface area is 167 Å². The highest BCUT2D eigenvalue weighted by molar-refractivity contribution is 7.99. The van der Waals surface area contributed by atoms with E-state index in [1.807, 2.05) is 18.2 Å². The lowest BCUT2D eigenvalue weighted by molar-refractivity contribution is 0.876. The van der Waals surface area contributed by atoms with Crippen LogP contribution in [-0.4, -0.2) is 24.9 Å².